The molecule has 0 saturated heterocycles. The van der Waals surface area contributed by atoms with Crippen molar-refractivity contribution in [3.8, 4) is 0 Å². The summed E-state index contributed by atoms with van der Waals surface area (Å²) in [6.07, 6.45) is 0.660. The van der Waals surface area contributed by atoms with Crippen molar-refractivity contribution in [2.45, 2.75) is 19.9 Å². The fourth-order valence-corrected chi connectivity index (χ4v) is 2.80. The van der Waals surface area contributed by atoms with Gasteiger partial charge in [0.2, 0.25) is 0 Å². The smallest absolute Gasteiger partial charge is 0.336 e. The number of pyridine rings is 1. The van der Waals surface area contributed by atoms with Gasteiger partial charge in [-0.05, 0) is 12.6 Å². The normalized spacial score (nSPS) is 15.3. The van der Waals surface area contributed by atoms with Crippen molar-refractivity contribution in [1.29, 1.82) is 0 Å². The number of nitrogens with zero attached hydrogens (tertiary/aromatic N) is 2. The van der Waals surface area contributed by atoms with Gasteiger partial charge in [-0.15, -0.1) is 0 Å². The molecule has 5 heteroatoms. The van der Waals surface area contributed by atoms with E-state index in [1.54, 1.807) is 6.07 Å². The molecule has 0 unspecified atom stereocenters. The van der Waals surface area contributed by atoms with Crippen LogP contribution >= 0.6 is 0 Å². The van der Waals surface area contributed by atoms with Gasteiger partial charge in [-0.2, -0.15) is 0 Å². The lowest BCUT2D eigenvalue weighted by atomic mass is 9.95. The van der Waals surface area contributed by atoms with E-state index in [1.807, 2.05) is 6.92 Å². The summed E-state index contributed by atoms with van der Waals surface area (Å²) >= 11 is 0. The van der Waals surface area contributed by atoms with E-state index in [4.69, 9.17) is 0 Å². The van der Waals surface area contributed by atoms with Gasteiger partial charge in [0, 0.05) is 36.2 Å². The van der Waals surface area contributed by atoms with E-state index >= 15 is 0 Å². The first-order chi connectivity index (χ1) is 9.61. The molecule has 1 aromatic carbocycles. The van der Waals surface area contributed by atoms with Crippen LogP contribution in [0.4, 0.5) is 4.39 Å². The Balaban J connectivity index is 2.32. The topological polar surface area (TPSA) is 53.4 Å². The molecule has 2 heterocycles. The highest BCUT2D eigenvalue weighted by atomic mass is 19.1. The van der Waals surface area contributed by atoms with Crippen molar-refractivity contribution in [3.63, 3.8) is 0 Å². The molecule has 3 rings (SSSR count). The Bertz CT molecular complexity index is 700. The molecule has 0 aliphatic carbocycles. The quantitative estimate of drug-likeness (QED) is 0.914. The largest absolute Gasteiger partial charge is 0.478 e. The Morgan fingerprint density at radius 2 is 2.30 bits per heavy atom. The average Bonchev–Trinajstić information content (AvgIpc) is 2.44. The summed E-state index contributed by atoms with van der Waals surface area (Å²) in [4.78, 5) is 18.2. The number of likely N-dealkylation sites (N-methyl/N-ethyl adjacent to an activating group) is 1. The molecule has 0 saturated carbocycles. The summed E-state index contributed by atoms with van der Waals surface area (Å²) in [5.74, 6) is -1.48. The molecule has 0 amide bonds. The zero-order chi connectivity index (χ0) is 14.3. The van der Waals surface area contributed by atoms with Crippen molar-refractivity contribution in [2.75, 3.05) is 13.1 Å². The molecule has 2 aromatic rings. The summed E-state index contributed by atoms with van der Waals surface area (Å²) in [7, 11) is 0. The Morgan fingerprint density at radius 3 is 3.00 bits per heavy atom. The number of carboxylic acid groups (broad SMARTS) is 1. The van der Waals surface area contributed by atoms with Crippen LogP contribution in [-0.2, 0) is 13.0 Å². The van der Waals surface area contributed by atoms with E-state index < -0.39 is 11.8 Å². The number of aromatic nitrogens is 1. The third-order valence-corrected chi connectivity index (χ3v) is 3.86. The summed E-state index contributed by atoms with van der Waals surface area (Å²) < 4.78 is 13.9. The fraction of sp³-hybridized carbons (Fsp3) is 0.333. The predicted octanol–water partition coefficient (Wildman–Crippen LogP) is 2.45. The SMILES string of the molecule is CCN1CCc2nc3c(F)cccc3c(C(=O)O)c2C1. The number of benzene rings is 1. The van der Waals surface area contributed by atoms with Gasteiger partial charge < -0.3 is 5.11 Å². The van der Waals surface area contributed by atoms with Crippen LogP contribution < -0.4 is 0 Å². The number of fused-ring (bicyclic) bond motifs is 2. The lowest BCUT2D eigenvalue weighted by Gasteiger charge is -2.28. The van der Waals surface area contributed by atoms with E-state index in [0.29, 0.717) is 24.0 Å². The molecule has 1 aliphatic rings. The van der Waals surface area contributed by atoms with Crippen molar-refractivity contribution in [1.82, 2.24) is 9.88 Å². The van der Waals surface area contributed by atoms with Gasteiger partial charge >= 0.3 is 5.97 Å². The fourth-order valence-electron chi connectivity index (χ4n) is 2.80. The second-order valence-corrected chi connectivity index (χ2v) is 4.97. The monoisotopic (exact) mass is 274 g/mol. The summed E-state index contributed by atoms with van der Waals surface area (Å²) in [6, 6.07) is 4.47. The van der Waals surface area contributed by atoms with Crippen LogP contribution in [0.3, 0.4) is 0 Å². The summed E-state index contributed by atoms with van der Waals surface area (Å²) in [5, 5.41) is 9.90. The van der Waals surface area contributed by atoms with E-state index in [-0.39, 0.29) is 11.1 Å². The Kier molecular flexibility index (Phi) is 3.14. The first-order valence-electron chi connectivity index (χ1n) is 6.67. The number of aromatic carboxylic acids is 1. The molecule has 1 N–H and O–H groups in total. The molecule has 1 aromatic heterocycles. The lowest BCUT2D eigenvalue weighted by Crippen LogP contribution is -2.32. The number of para-hydroxylation sites is 1. The van der Waals surface area contributed by atoms with E-state index in [9.17, 15) is 14.3 Å². The Labute approximate surface area is 115 Å². The lowest BCUT2D eigenvalue weighted by molar-refractivity contribution is 0.0695. The molecule has 4 nitrogen and oxygen atoms in total. The average molecular weight is 274 g/mol. The molecular weight excluding hydrogens is 259 g/mol. The van der Waals surface area contributed by atoms with Gasteiger partial charge in [0.15, 0.2) is 0 Å². The van der Waals surface area contributed by atoms with Crippen molar-refractivity contribution >= 4 is 16.9 Å². The van der Waals surface area contributed by atoms with Gasteiger partial charge in [-0.25, -0.2) is 14.2 Å². The number of carboxylic acids is 1. The molecule has 0 atom stereocenters. The summed E-state index contributed by atoms with van der Waals surface area (Å²) in [6.45, 7) is 4.29. The van der Waals surface area contributed by atoms with Crippen molar-refractivity contribution in [3.05, 3.63) is 40.8 Å². The first-order valence-corrected chi connectivity index (χ1v) is 6.67. The highest BCUT2D eigenvalue weighted by Gasteiger charge is 2.25. The minimum Gasteiger partial charge on any atom is -0.478 e. The maximum atomic E-state index is 13.9. The molecule has 0 fully saturated rings. The second kappa shape index (κ2) is 4.83. The Hall–Kier alpha value is -2.01. The van der Waals surface area contributed by atoms with E-state index in [0.717, 1.165) is 18.7 Å². The molecule has 0 spiro atoms. The molecule has 20 heavy (non-hydrogen) atoms. The van der Waals surface area contributed by atoms with Crippen LogP contribution in [0.1, 0.15) is 28.5 Å². The molecule has 1 aliphatic heterocycles. The van der Waals surface area contributed by atoms with Gasteiger partial charge in [0.1, 0.15) is 11.3 Å². The van der Waals surface area contributed by atoms with Crippen molar-refractivity contribution in [2.24, 2.45) is 0 Å². The van der Waals surface area contributed by atoms with Gasteiger partial charge in [0.25, 0.3) is 0 Å². The van der Waals surface area contributed by atoms with E-state index in [1.165, 1.54) is 12.1 Å². The second-order valence-electron chi connectivity index (χ2n) is 4.97. The van der Waals surface area contributed by atoms with Crippen LogP contribution in [0, 0.1) is 5.82 Å². The van der Waals surface area contributed by atoms with E-state index in [2.05, 4.69) is 9.88 Å². The van der Waals surface area contributed by atoms with Crippen LogP contribution in [-0.4, -0.2) is 34.0 Å². The maximum Gasteiger partial charge on any atom is 0.336 e. The number of halogens is 1. The number of hydrogen-bond acceptors (Lipinski definition) is 3. The molecule has 104 valence electrons. The van der Waals surface area contributed by atoms with Crippen LogP contribution in [0.2, 0.25) is 0 Å². The minimum absolute atomic E-state index is 0.161. The maximum absolute atomic E-state index is 13.9. The number of rotatable bonds is 2. The highest BCUT2D eigenvalue weighted by Crippen LogP contribution is 2.29. The number of carbonyl (C=O) groups is 1. The van der Waals surface area contributed by atoms with Crippen molar-refractivity contribution < 1.29 is 14.3 Å². The standard InChI is InChI=1S/C15H15FN2O2/c1-2-18-7-6-12-10(8-18)13(15(19)20)9-4-3-5-11(16)14(9)17-12/h3-5H,2,6-8H2,1H3,(H,19,20). The van der Waals surface area contributed by atoms with Crippen LogP contribution in [0.5, 0.6) is 0 Å². The molecular formula is C15H15FN2O2. The Morgan fingerprint density at radius 1 is 1.50 bits per heavy atom. The molecule has 0 radical (unpaired) electrons. The predicted molar refractivity (Wildman–Crippen MR) is 73.3 cm³/mol. The zero-order valence-electron chi connectivity index (χ0n) is 11.2. The van der Waals surface area contributed by atoms with Gasteiger partial charge in [0.05, 0.1) is 5.56 Å². The van der Waals surface area contributed by atoms with Gasteiger partial charge in [-0.1, -0.05) is 19.1 Å². The van der Waals surface area contributed by atoms with Gasteiger partial charge in [-0.3, -0.25) is 4.90 Å². The third kappa shape index (κ3) is 1.94. The molecule has 0 bridgehead atoms. The minimum atomic E-state index is -1.02. The first kappa shape index (κ1) is 13.0. The van der Waals surface area contributed by atoms with Crippen LogP contribution in [0.15, 0.2) is 18.2 Å². The number of hydrogen-bond donors (Lipinski definition) is 1. The van der Waals surface area contributed by atoms with Crippen LogP contribution in [0.25, 0.3) is 10.9 Å². The highest BCUT2D eigenvalue weighted by molar-refractivity contribution is 6.04. The third-order valence-electron chi connectivity index (χ3n) is 3.86. The zero-order valence-corrected chi connectivity index (χ0v) is 11.2. The summed E-state index contributed by atoms with van der Waals surface area (Å²) in [5.41, 5.74) is 1.80.